The van der Waals surface area contributed by atoms with Crippen molar-refractivity contribution in [1.29, 1.82) is 0 Å². The van der Waals surface area contributed by atoms with Crippen molar-refractivity contribution < 1.29 is 30.2 Å². The molecule has 0 saturated heterocycles. The number of para-hydroxylation sites is 2. The molecule has 10 rings (SSSR count). The van der Waals surface area contributed by atoms with Crippen LogP contribution in [0, 0.1) is 18.8 Å². The van der Waals surface area contributed by atoms with Gasteiger partial charge in [-0.3, -0.25) is 4.98 Å². The van der Waals surface area contributed by atoms with Crippen molar-refractivity contribution in [3.63, 3.8) is 0 Å². The van der Waals surface area contributed by atoms with E-state index in [0.29, 0.717) is 11.5 Å². The Morgan fingerprint density at radius 1 is 0.679 bits per heavy atom. The van der Waals surface area contributed by atoms with E-state index in [1.807, 2.05) is 73.2 Å². The average Bonchev–Trinajstić information content (AvgIpc) is 3.84. The number of rotatable bonds is 5. The molecule has 0 N–H and O–H groups in total. The molecule has 0 unspecified atom stereocenters. The molecule has 53 heavy (non-hydrogen) atoms. The molecule has 0 bridgehead atoms. The summed E-state index contributed by atoms with van der Waals surface area (Å²) in [6, 6.07) is 46.2. The van der Waals surface area contributed by atoms with Gasteiger partial charge in [0.1, 0.15) is 17.0 Å². The molecule has 7 nitrogen and oxygen atoms in total. The minimum Gasteiger partial charge on any atom is -0.509 e. The van der Waals surface area contributed by atoms with Crippen LogP contribution >= 0.6 is 0 Å². The van der Waals surface area contributed by atoms with Crippen LogP contribution in [0.15, 0.2) is 138 Å². The van der Waals surface area contributed by atoms with Crippen LogP contribution in [-0.4, -0.2) is 14.5 Å². The van der Waals surface area contributed by atoms with Gasteiger partial charge < -0.3 is 23.5 Å². The van der Waals surface area contributed by atoms with E-state index in [-0.39, 0.29) is 26.5 Å². The van der Waals surface area contributed by atoms with Gasteiger partial charge >= 0.3 is 0 Å². The van der Waals surface area contributed by atoms with Crippen molar-refractivity contribution in [2.75, 3.05) is 9.80 Å². The van der Waals surface area contributed by atoms with Crippen molar-refractivity contribution in [3.05, 3.63) is 158 Å². The number of pyridine rings is 2. The molecule has 262 valence electrons. The summed E-state index contributed by atoms with van der Waals surface area (Å²) in [5, 5.41) is 4.38. The normalized spacial score (nSPS) is 12.9. The number of aromatic nitrogens is 3. The molecule has 5 aromatic carbocycles. The van der Waals surface area contributed by atoms with E-state index < -0.39 is 0 Å². The number of ether oxygens (including phenoxy) is 1. The smallest absolute Gasteiger partial charge is 0.135 e. The topological polar surface area (TPSA) is 59.6 Å². The number of anilines is 4. The Bertz CT molecular complexity index is 2830. The molecule has 0 fully saturated rings. The zero-order valence-electron chi connectivity index (χ0n) is 29.1. The maximum atomic E-state index is 6.51. The quantitative estimate of drug-likeness (QED) is 0.161. The predicted molar refractivity (Wildman–Crippen MR) is 208 cm³/mol. The molecule has 8 heteroatoms. The second-order valence-corrected chi connectivity index (χ2v) is 14.1. The van der Waals surface area contributed by atoms with Gasteiger partial charge in [-0.15, -0.1) is 48.1 Å². The summed E-state index contributed by atoms with van der Waals surface area (Å²) in [5.74, 6) is 2.01. The van der Waals surface area contributed by atoms with Gasteiger partial charge in [0.25, 0.3) is 0 Å². The number of nitrogens with zero attached hydrogens (tertiary/aromatic N) is 5. The average molecular weight is 870 g/mol. The number of hydrogen-bond donors (Lipinski definition) is 0. The van der Waals surface area contributed by atoms with Crippen molar-refractivity contribution >= 4 is 66.5 Å². The van der Waals surface area contributed by atoms with Gasteiger partial charge in [0.15, 0.2) is 0 Å². The third kappa shape index (κ3) is 5.55. The summed E-state index contributed by atoms with van der Waals surface area (Å²) in [5.41, 5.74) is 8.70. The second kappa shape index (κ2) is 12.6. The standard InChI is InChI=1S/C45H32N5O2.Pt/c1-45(2,3)29-19-22-47-44(23-29)50-38-13-6-4-11-34(38)35-17-16-33(26-40(35)50)51-32-10-8-9-30(24-32)49-28-48(39-20-21-46-27-41(39)49)31-15-18-43-37(25-31)36-12-5-7-14-42(36)52-43;/h4-23,25,27-28H,1-3H3;/q-3;. The molecule has 1 aliphatic rings. The van der Waals surface area contributed by atoms with Crippen LogP contribution in [0.3, 0.4) is 0 Å². The molecule has 1 aliphatic heterocycles. The number of hydrogen-bond acceptors (Lipinski definition) is 6. The molecule has 0 atom stereocenters. The van der Waals surface area contributed by atoms with E-state index in [0.717, 1.165) is 72.3 Å². The van der Waals surface area contributed by atoms with E-state index in [1.54, 1.807) is 0 Å². The van der Waals surface area contributed by atoms with E-state index in [2.05, 4.69) is 120 Å². The SMILES string of the molecule is CC(C)(C)c1ccnc(-n2c3[c-]c(Oc4[c-]c(N5[CH-]N(c6ccc7oc8ccccc8c7c6)c6ccncc65)ccc4)ccc3c3ccccc32)c1.[Pt]. The first-order valence-electron chi connectivity index (χ1n) is 17.3. The Balaban J connectivity index is 0.00000372. The van der Waals surface area contributed by atoms with Crippen molar-refractivity contribution in [1.82, 2.24) is 14.5 Å². The summed E-state index contributed by atoms with van der Waals surface area (Å²) >= 11 is 0. The fraction of sp³-hybridized carbons (Fsp3) is 0.0889. The molecule has 0 saturated carbocycles. The first-order valence-corrected chi connectivity index (χ1v) is 17.3. The Labute approximate surface area is 321 Å². The Morgan fingerprint density at radius 3 is 2.38 bits per heavy atom. The van der Waals surface area contributed by atoms with Crippen molar-refractivity contribution in [2.24, 2.45) is 0 Å². The zero-order valence-corrected chi connectivity index (χ0v) is 31.4. The van der Waals surface area contributed by atoms with Crippen LogP contribution in [0.2, 0.25) is 0 Å². The summed E-state index contributed by atoms with van der Waals surface area (Å²) in [6.45, 7) is 8.72. The first-order chi connectivity index (χ1) is 25.4. The maximum Gasteiger partial charge on any atom is 0.135 e. The molecule has 9 aromatic rings. The van der Waals surface area contributed by atoms with Crippen LogP contribution in [0.1, 0.15) is 26.3 Å². The third-order valence-electron chi connectivity index (χ3n) is 9.80. The predicted octanol–water partition coefficient (Wildman–Crippen LogP) is 11.6. The van der Waals surface area contributed by atoms with Gasteiger partial charge in [-0.05, 0) is 64.9 Å². The van der Waals surface area contributed by atoms with Crippen molar-refractivity contribution in [3.8, 4) is 17.3 Å². The molecule has 4 aromatic heterocycles. The van der Waals surface area contributed by atoms with Crippen LogP contribution in [0.5, 0.6) is 11.5 Å². The fourth-order valence-electron chi connectivity index (χ4n) is 7.20. The Morgan fingerprint density at radius 2 is 1.49 bits per heavy atom. The van der Waals surface area contributed by atoms with E-state index >= 15 is 0 Å². The summed E-state index contributed by atoms with van der Waals surface area (Å²) in [7, 11) is 0. The number of furan rings is 1. The number of benzene rings is 5. The minimum absolute atomic E-state index is 0. The van der Waals surface area contributed by atoms with Gasteiger partial charge in [0, 0.05) is 78.8 Å². The molecule has 5 heterocycles. The van der Waals surface area contributed by atoms with Crippen LogP contribution < -0.4 is 14.5 Å². The molecule has 0 aliphatic carbocycles. The summed E-state index contributed by atoms with van der Waals surface area (Å²) in [4.78, 5) is 13.5. The van der Waals surface area contributed by atoms with Crippen LogP contribution in [-0.2, 0) is 26.5 Å². The van der Waals surface area contributed by atoms with E-state index in [1.165, 1.54) is 5.56 Å². The molecule has 0 spiro atoms. The Kier molecular flexibility index (Phi) is 7.86. The van der Waals surface area contributed by atoms with Crippen LogP contribution in [0.4, 0.5) is 22.7 Å². The van der Waals surface area contributed by atoms with Crippen LogP contribution in [0.25, 0.3) is 49.6 Å². The van der Waals surface area contributed by atoms with Gasteiger partial charge in [-0.25, -0.2) is 4.98 Å². The summed E-state index contributed by atoms with van der Waals surface area (Å²) < 4.78 is 14.8. The second-order valence-electron chi connectivity index (χ2n) is 14.1. The van der Waals surface area contributed by atoms with E-state index in [9.17, 15) is 0 Å². The number of fused-ring (bicyclic) bond motifs is 7. The molecule has 0 amide bonds. The van der Waals surface area contributed by atoms with Gasteiger partial charge in [0.05, 0.1) is 5.69 Å². The molecular formula is C45H32N5O2Pt-3. The summed E-state index contributed by atoms with van der Waals surface area (Å²) in [6.07, 6.45) is 5.58. The largest absolute Gasteiger partial charge is 0.509 e. The Hall–Kier alpha value is -5.91. The van der Waals surface area contributed by atoms with Gasteiger partial charge in [0.2, 0.25) is 0 Å². The van der Waals surface area contributed by atoms with E-state index in [4.69, 9.17) is 14.1 Å². The van der Waals surface area contributed by atoms with Gasteiger partial charge in [-0.2, -0.15) is 12.1 Å². The zero-order chi connectivity index (χ0) is 35.0. The van der Waals surface area contributed by atoms with Gasteiger partial charge in [-0.1, -0.05) is 62.7 Å². The molecule has 0 radical (unpaired) electrons. The minimum atomic E-state index is -0.0159. The fourth-order valence-corrected chi connectivity index (χ4v) is 7.20. The maximum absolute atomic E-state index is 6.51. The first kappa shape index (κ1) is 33.0. The van der Waals surface area contributed by atoms with Crippen molar-refractivity contribution in [2.45, 2.75) is 26.2 Å². The third-order valence-corrected chi connectivity index (χ3v) is 9.80. The molecular weight excluding hydrogens is 838 g/mol. The monoisotopic (exact) mass is 869 g/mol.